The van der Waals surface area contributed by atoms with Crippen LogP contribution in [0.5, 0.6) is 0 Å². The Labute approximate surface area is 107 Å². The highest BCUT2D eigenvalue weighted by Gasteiger charge is 2.24. The summed E-state index contributed by atoms with van der Waals surface area (Å²) in [6.07, 6.45) is 5.21. The first-order valence-corrected chi connectivity index (χ1v) is 6.65. The number of carbonyl (C=O) groups excluding carboxylic acids is 2. The molecule has 2 rings (SSSR count). The highest BCUT2D eigenvalue weighted by Crippen LogP contribution is 2.25. The van der Waals surface area contributed by atoms with E-state index in [1.165, 1.54) is 0 Å². The molecule has 1 aromatic heterocycles. The van der Waals surface area contributed by atoms with Gasteiger partial charge in [0, 0.05) is 30.4 Å². The average Bonchev–Trinajstić information content (AvgIpc) is 2.80. The van der Waals surface area contributed by atoms with Gasteiger partial charge in [0.25, 0.3) is 0 Å². The van der Waals surface area contributed by atoms with Crippen LogP contribution in [-0.4, -0.2) is 22.8 Å². The second kappa shape index (κ2) is 5.38. The topological polar surface area (TPSA) is 51.1 Å². The third-order valence-corrected chi connectivity index (χ3v) is 3.49. The highest BCUT2D eigenvalue weighted by molar-refractivity contribution is 5.98. The van der Waals surface area contributed by atoms with E-state index in [4.69, 9.17) is 0 Å². The molecule has 0 fully saturated rings. The molecule has 0 radical (unpaired) electrons. The SMILES string of the molecule is CCCNC(=O)C(C)n1ccc2c1CCCC2=O. The van der Waals surface area contributed by atoms with Crippen LogP contribution < -0.4 is 5.32 Å². The maximum Gasteiger partial charge on any atom is 0.242 e. The van der Waals surface area contributed by atoms with Gasteiger partial charge in [-0.15, -0.1) is 0 Å². The maximum absolute atomic E-state index is 12.0. The molecule has 18 heavy (non-hydrogen) atoms. The Hall–Kier alpha value is -1.58. The zero-order valence-electron chi connectivity index (χ0n) is 11.0. The number of Topliss-reactive ketones (excluding diaryl/α,β-unsaturated/α-hetero) is 1. The average molecular weight is 248 g/mol. The number of amides is 1. The van der Waals surface area contributed by atoms with Crippen molar-refractivity contribution in [1.29, 1.82) is 0 Å². The van der Waals surface area contributed by atoms with Crippen molar-refractivity contribution in [3.8, 4) is 0 Å². The molecule has 1 aliphatic rings. The Morgan fingerprint density at radius 2 is 2.28 bits per heavy atom. The van der Waals surface area contributed by atoms with E-state index in [0.717, 1.165) is 30.5 Å². The molecule has 4 nitrogen and oxygen atoms in total. The van der Waals surface area contributed by atoms with Crippen LogP contribution in [0.2, 0.25) is 0 Å². The monoisotopic (exact) mass is 248 g/mol. The van der Waals surface area contributed by atoms with Gasteiger partial charge in [0.05, 0.1) is 0 Å². The molecule has 0 aliphatic heterocycles. The molecule has 1 atom stereocenters. The molecule has 0 saturated carbocycles. The highest BCUT2D eigenvalue weighted by atomic mass is 16.2. The molecule has 1 aromatic rings. The molecule has 1 heterocycles. The molecule has 0 bridgehead atoms. The predicted molar refractivity (Wildman–Crippen MR) is 69.7 cm³/mol. The van der Waals surface area contributed by atoms with E-state index < -0.39 is 0 Å². The number of fused-ring (bicyclic) bond motifs is 1. The summed E-state index contributed by atoms with van der Waals surface area (Å²) in [5.74, 6) is 0.226. The standard InChI is InChI=1S/C14H20N2O2/c1-3-8-15-14(18)10(2)16-9-7-11-12(16)5-4-6-13(11)17/h7,9-10H,3-6,8H2,1-2H3,(H,15,18). The van der Waals surface area contributed by atoms with Crippen LogP contribution in [0.3, 0.4) is 0 Å². The van der Waals surface area contributed by atoms with Gasteiger partial charge in [-0.1, -0.05) is 6.92 Å². The Morgan fingerprint density at radius 1 is 1.50 bits per heavy atom. The summed E-state index contributed by atoms with van der Waals surface area (Å²) in [4.78, 5) is 23.7. The Kier molecular flexibility index (Phi) is 3.84. The van der Waals surface area contributed by atoms with Gasteiger partial charge in [0.2, 0.25) is 5.91 Å². The van der Waals surface area contributed by atoms with Crippen LogP contribution in [0.4, 0.5) is 0 Å². The van der Waals surface area contributed by atoms with Crippen LogP contribution in [0.1, 0.15) is 55.2 Å². The van der Waals surface area contributed by atoms with Gasteiger partial charge in [0.15, 0.2) is 5.78 Å². The molecule has 0 aromatic carbocycles. The summed E-state index contributed by atoms with van der Waals surface area (Å²) in [6.45, 7) is 4.61. The van der Waals surface area contributed by atoms with Crippen LogP contribution >= 0.6 is 0 Å². The van der Waals surface area contributed by atoms with Crippen molar-refractivity contribution in [2.45, 2.75) is 45.6 Å². The zero-order valence-corrected chi connectivity index (χ0v) is 11.0. The van der Waals surface area contributed by atoms with Gasteiger partial charge in [-0.2, -0.15) is 0 Å². The van der Waals surface area contributed by atoms with Crippen molar-refractivity contribution in [2.24, 2.45) is 0 Å². The first kappa shape index (κ1) is 12.9. The summed E-state index contributed by atoms with van der Waals surface area (Å²) >= 11 is 0. The van der Waals surface area contributed by atoms with E-state index in [-0.39, 0.29) is 17.7 Å². The van der Waals surface area contributed by atoms with Crippen molar-refractivity contribution >= 4 is 11.7 Å². The summed E-state index contributed by atoms with van der Waals surface area (Å²) < 4.78 is 1.94. The van der Waals surface area contributed by atoms with Crippen LogP contribution in [-0.2, 0) is 11.2 Å². The summed E-state index contributed by atoms with van der Waals surface area (Å²) in [6, 6.07) is 1.60. The van der Waals surface area contributed by atoms with Crippen molar-refractivity contribution in [1.82, 2.24) is 9.88 Å². The Balaban J connectivity index is 2.18. The van der Waals surface area contributed by atoms with Gasteiger partial charge in [0.1, 0.15) is 6.04 Å². The molecule has 1 N–H and O–H groups in total. The first-order chi connectivity index (χ1) is 8.65. The fourth-order valence-electron chi connectivity index (χ4n) is 2.43. The second-order valence-corrected chi connectivity index (χ2v) is 4.83. The van der Waals surface area contributed by atoms with E-state index in [1.807, 2.05) is 30.7 Å². The summed E-state index contributed by atoms with van der Waals surface area (Å²) in [7, 11) is 0. The quantitative estimate of drug-likeness (QED) is 0.887. The van der Waals surface area contributed by atoms with Gasteiger partial charge in [-0.05, 0) is 32.3 Å². The van der Waals surface area contributed by atoms with Gasteiger partial charge < -0.3 is 9.88 Å². The van der Waals surface area contributed by atoms with Gasteiger partial charge >= 0.3 is 0 Å². The zero-order chi connectivity index (χ0) is 13.1. The third-order valence-electron chi connectivity index (χ3n) is 3.49. The number of carbonyl (C=O) groups is 2. The summed E-state index contributed by atoms with van der Waals surface area (Å²) in [5, 5.41) is 2.89. The minimum absolute atomic E-state index is 0.0215. The molecule has 1 amide bonds. The van der Waals surface area contributed by atoms with E-state index in [0.29, 0.717) is 13.0 Å². The second-order valence-electron chi connectivity index (χ2n) is 4.83. The van der Waals surface area contributed by atoms with E-state index in [1.54, 1.807) is 0 Å². The number of nitrogens with zero attached hydrogens (tertiary/aromatic N) is 1. The largest absolute Gasteiger partial charge is 0.354 e. The minimum Gasteiger partial charge on any atom is -0.354 e. The lowest BCUT2D eigenvalue weighted by molar-refractivity contribution is -0.123. The van der Waals surface area contributed by atoms with Crippen LogP contribution in [0.25, 0.3) is 0 Å². The number of hydrogen-bond acceptors (Lipinski definition) is 2. The molecular weight excluding hydrogens is 228 g/mol. The maximum atomic E-state index is 12.0. The number of nitrogens with one attached hydrogen (secondary N) is 1. The smallest absolute Gasteiger partial charge is 0.242 e. The third kappa shape index (κ3) is 2.33. The lowest BCUT2D eigenvalue weighted by Gasteiger charge is -2.20. The molecule has 1 unspecified atom stereocenters. The van der Waals surface area contributed by atoms with Crippen LogP contribution in [0.15, 0.2) is 12.3 Å². The molecule has 4 heteroatoms. The summed E-state index contributed by atoms with van der Waals surface area (Å²) in [5.41, 5.74) is 1.82. The van der Waals surface area contributed by atoms with Crippen molar-refractivity contribution in [3.05, 3.63) is 23.5 Å². The van der Waals surface area contributed by atoms with E-state index >= 15 is 0 Å². The molecule has 0 saturated heterocycles. The normalized spacial score (nSPS) is 16.2. The Morgan fingerprint density at radius 3 is 3.00 bits per heavy atom. The number of hydrogen-bond donors (Lipinski definition) is 1. The number of rotatable bonds is 4. The Bertz CT molecular complexity index is 462. The van der Waals surface area contributed by atoms with E-state index in [2.05, 4.69) is 5.32 Å². The molecular formula is C14H20N2O2. The van der Waals surface area contributed by atoms with Crippen molar-refractivity contribution in [3.63, 3.8) is 0 Å². The molecule has 0 spiro atoms. The fourth-order valence-corrected chi connectivity index (χ4v) is 2.43. The lowest BCUT2D eigenvalue weighted by atomic mass is 9.96. The van der Waals surface area contributed by atoms with E-state index in [9.17, 15) is 9.59 Å². The first-order valence-electron chi connectivity index (χ1n) is 6.65. The van der Waals surface area contributed by atoms with Gasteiger partial charge in [-0.25, -0.2) is 0 Å². The number of ketones is 1. The minimum atomic E-state index is -0.244. The predicted octanol–water partition coefficient (Wildman–Crippen LogP) is 2.09. The van der Waals surface area contributed by atoms with Gasteiger partial charge in [-0.3, -0.25) is 9.59 Å². The van der Waals surface area contributed by atoms with Crippen LogP contribution in [0, 0.1) is 0 Å². The number of aromatic nitrogens is 1. The fraction of sp³-hybridized carbons (Fsp3) is 0.571. The lowest BCUT2D eigenvalue weighted by Crippen LogP contribution is -2.32. The van der Waals surface area contributed by atoms with Crippen molar-refractivity contribution < 1.29 is 9.59 Å². The van der Waals surface area contributed by atoms with Crippen molar-refractivity contribution in [2.75, 3.05) is 6.54 Å². The molecule has 1 aliphatic carbocycles. The molecule has 98 valence electrons.